The van der Waals surface area contributed by atoms with Gasteiger partial charge >= 0.3 is 0 Å². The Balaban J connectivity index is 2.60. The van der Waals surface area contributed by atoms with Crippen LogP contribution in [0.3, 0.4) is 0 Å². The molecule has 0 saturated heterocycles. The van der Waals surface area contributed by atoms with Gasteiger partial charge in [-0.25, -0.2) is 0 Å². The van der Waals surface area contributed by atoms with E-state index in [0.29, 0.717) is 19.5 Å². The van der Waals surface area contributed by atoms with Gasteiger partial charge in [-0.2, -0.15) is 0 Å². The van der Waals surface area contributed by atoms with E-state index in [1.54, 1.807) is 7.11 Å². The van der Waals surface area contributed by atoms with E-state index in [-0.39, 0.29) is 11.3 Å². The number of ether oxygens (including phenoxy) is 1. The maximum absolute atomic E-state index is 12.1. The number of benzene rings is 1. The van der Waals surface area contributed by atoms with Crippen molar-refractivity contribution in [2.24, 2.45) is 11.1 Å². The van der Waals surface area contributed by atoms with Crippen LogP contribution in [-0.4, -0.2) is 26.1 Å². The van der Waals surface area contributed by atoms with Crippen molar-refractivity contribution in [2.45, 2.75) is 33.1 Å². The fourth-order valence-corrected chi connectivity index (χ4v) is 2.23. The Kier molecular flexibility index (Phi) is 6.52. The molecule has 1 amide bonds. The van der Waals surface area contributed by atoms with Gasteiger partial charge in [0.25, 0.3) is 0 Å². The molecule has 112 valence electrons. The van der Waals surface area contributed by atoms with Crippen LogP contribution < -0.4 is 15.8 Å². The molecule has 4 nitrogen and oxygen atoms in total. The maximum Gasteiger partial charge on any atom is 0.224 e. The molecule has 0 aliphatic rings. The number of methoxy groups -OCH3 is 1. The fraction of sp³-hybridized carbons (Fsp3) is 0.562. The van der Waals surface area contributed by atoms with Crippen LogP contribution in [0.15, 0.2) is 24.3 Å². The van der Waals surface area contributed by atoms with Gasteiger partial charge in [0.15, 0.2) is 0 Å². The lowest BCUT2D eigenvalue weighted by Crippen LogP contribution is -2.42. The number of carbonyl (C=O) groups is 1. The van der Waals surface area contributed by atoms with Crippen molar-refractivity contribution in [3.05, 3.63) is 29.8 Å². The molecule has 1 aromatic carbocycles. The minimum Gasteiger partial charge on any atom is -0.496 e. The molecule has 0 fully saturated rings. The molecule has 1 rings (SSSR count). The summed E-state index contributed by atoms with van der Waals surface area (Å²) in [4.78, 5) is 12.1. The van der Waals surface area contributed by atoms with Crippen LogP contribution in [0, 0.1) is 5.41 Å². The Hall–Kier alpha value is -1.55. The number of carbonyl (C=O) groups excluding carboxylic acids is 1. The predicted molar refractivity (Wildman–Crippen MR) is 81.8 cm³/mol. The van der Waals surface area contributed by atoms with E-state index in [0.717, 1.165) is 24.2 Å². The Labute approximate surface area is 121 Å². The quantitative estimate of drug-likeness (QED) is 0.765. The third-order valence-electron chi connectivity index (χ3n) is 4.14. The highest BCUT2D eigenvalue weighted by Crippen LogP contribution is 2.23. The van der Waals surface area contributed by atoms with Gasteiger partial charge < -0.3 is 15.8 Å². The van der Waals surface area contributed by atoms with E-state index < -0.39 is 0 Å². The Bertz CT molecular complexity index is 420. The first-order chi connectivity index (χ1) is 9.60. The Morgan fingerprint density at radius 1 is 1.30 bits per heavy atom. The monoisotopic (exact) mass is 278 g/mol. The summed E-state index contributed by atoms with van der Waals surface area (Å²) in [6, 6.07) is 7.58. The molecule has 0 spiro atoms. The molecular formula is C16H26N2O2. The fourth-order valence-electron chi connectivity index (χ4n) is 2.23. The minimum absolute atomic E-state index is 0.00854. The number of nitrogens with one attached hydrogen (secondary N) is 1. The van der Waals surface area contributed by atoms with Gasteiger partial charge in [-0.1, -0.05) is 32.0 Å². The van der Waals surface area contributed by atoms with Crippen LogP contribution in [0.5, 0.6) is 5.75 Å². The van der Waals surface area contributed by atoms with Crippen LogP contribution in [0.2, 0.25) is 0 Å². The molecule has 0 unspecified atom stereocenters. The highest BCUT2D eigenvalue weighted by atomic mass is 16.5. The number of nitrogens with two attached hydrogens (primary N) is 1. The maximum atomic E-state index is 12.1. The second-order valence-corrected chi connectivity index (χ2v) is 5.18. The number of hydrogen-bond donors (Lipinski definition) is 2. The summed E-state index contributed by atoms with van der Waals surface area (Å²) in [7, 11) is 1.62. The van der Waals surface area contributed by atoms with Gasteiger partial charge in [0.05, 0.1) is 13.5 Å². The third-order valence-corrected chi connectivity index (χ3v) is 4.14. The normalized spacial score (nSPS) is 11.2. The molecule has 3 N–H and O–H groups in total. The molecule has 1 aromatic rings. The number of rotatable bonds is 8. The van der Waals surface area contributed by atoms with E-state index in [1.807, 2.05) is 24.3 Å². The lowest BCUT2D eigenvalue weighted by molar-refractivity contribution is -0.121. The SMILES string of the molecule is CCC(CC)(CN)CNC(=O)Cc1ccccc1OC. The summed E-state index contributed by atoms with van der Waals surface area (Å²) in [6.45, 7) is 5.45. The van der Waals surface area contributed by atoms with Crippen molar-refractivity contribution in [3.8, 4) is 5.75 Å². The van der Waals surface area contributed by atoms with Gasteiger partial charge in [-0.3, -0.25) is 4.79 Å². The average molecular weight is 278 g/mol. The first-order valence-corrected chi connectivity index (χ1v) is 7.19. The predicted octanol–water partition coefficient (Wildman–Crippen LogP) is 2.12. The Morgan fingerprint density at radius 2 is 1.95 bits per heavy atom. The number of amides is 1. The molecule has 0 heterocycles. The molecule has 0 saturated carbocycles. The van der Waals surface area contributed by atoms with E-state index in [9.17, 15) is 4.79 Å². The van der Waals surface area contributed by atoms with Gasteiger partial charge in [-0.05, 0) is 30.9 Å². The zero-order chi connectivity index (χ0) is 15.0. The molecule has 4 heteroatoms. The summed E-state index contributed by atoms with van der Waals surface area (Å²) in [6.07, 6.45) is 2.27. The standard InChI is InChI=1S/C16H26N2O2/c1-4-16(5-2,11-17)12-18-15(19)10-13-8-6-7-9-14(13)20-3/h6-9H,4-5,10-12,17H2,1-3H3,(H,18,19). The molecule has 0 aromatic heterocycles. The molecule has 0 aliphatic carbocycles. The van der Waals surface area contributed by atoms with Crippen LogP contribution in [0.4, 0.5) is 0 Å². The summed E-state index contributed by atoms with van der Waals surface area (Å²) in [5, 5.41) is 3.00. The number of hydrogen-bond acceptors (Lipinski definition) is 3. The molecular weight excluding hydrogens is 252 g/mol. The van der Waals surface area contributed by atoms with Crippen molar-refractivity contribution >= 4 is 5.91 Å². The smallest absolute Gasteiger partial charge is 0.224 e. The van der Waals surface area contributed by atoms with E-state index in [2.05, 4.69) is 19.2 Å². The second kappa shape index (κ2) is 7.90. The molecule has 0 atom stereocenters. The Morgan fingerprint density at radius 3 is 2.50 bits per heavy atom. The van der Waals surface area contributed by atoms with Crippen molar-refractivity contribution in [1.29, 1.82) is 0 Å². The summed E-state index contributed by atoms with van der Waals surface area (Å²) in [5.41, 5.74) is 6.75. The van der Waals surface area contributed by atoms with Gasteiger partial charge in [0, 0.05) is 12.1 Å². The summed E-state index contributed by atoms with van der Waals surface area (Å²) >= 11 is 0. The van der Waals surface area contributed by atoms with Crippen LogP contribution >= 0.6 is 0 Å². The van der Waals surface area contributed by atoms with Crippen LogP contribution in [0.1, 0.15) is 32.3 Å². The highest BCUT2D eigenvalue weighted by molar-refractivity contribution is 5.79. The number of para-hydroxylation sites is 1. The van der Waals surface area contributed by atoms with Crippen LogP contribution in [0.25, 0.3) is 0 Å². The zero-order valence-corrected chi connectivity index (χ0v) is 12.7. The minimum atomic E-state index is 0.00854. The van der Waals surface area contributed by atoms with Crippen molar-refractivity contribution in [3.63, 3.8) is 0 Å². The molecule has 0 aliphatic heterocycles. The summed E-state index contributed by atoms with van der Waals surface area (Å²) < 4.78 is 5.26. The van der Waals surface area contributed by atoms with E-state index in [1.165, 1.54) is 0 Å². The van der Waals surface area contributed by atoms with Crippen LogP contribution in [-0.2, 0) is 11.2 Å². The van der Waals surface area contributed by atoms with Crippen molar-refractivity contribution in [1.82, 2.24) is 5.32 Å². The summed E-state index contributed by atoms with van der Waals surface area (Å²) in [5.74, 6) is 0.757. The van der Waals surface area contributed by atoms with Gasteiger partial charge in [0.1, 0.15) is 5.75 Å². The second-order valence-electron chi connectivity index (χ2n) is 5.18. The first kappa shape index (κ1) is 16.5. The lowest BCUT2D eigenvalue weighted by Gasteiger charge is -2.30. The van der Waals surface area contributed by atoms with Crippen molar-refractivity contribution in [2.75, 3.05) is 20.2 Å². The highest BCUT2D eigenvalue weighted by Gasteiger charge is 2.24. The van der Waals surface area contributed by atoms with E-state index in [4.69, 9.17) is 10.5 Å². The largest absolute Gasteiger partial charge is 0.496 e. The molecule has 0 bridgehead atoms. The average Bonchev–Trinajstić information content (AvgIpc) is 2.50. The van der Waals surface area contributed by atoms with Gasteiger partial charge in [0.2, 0.25) is 5.91 Å². The topological polar surface area (TPSA) is 64.3 Å². The third kappa shape index (κ3) is 4.23. The van der Waals surface area contributed by atoms with Crippen molar-refractivity contribution < 1.29 is 9.53 Å². The lowest BCUT2D eigenvalue weighted by atomic mass is 9.82. The molecule has 20 heavy (non-hydrogen) atoms. The first-order valence-electron chi connectivity index (χ1n) is 7.19. The molecule has 0 radical (unpaired) electrons. The zero-order valence-electron chi connectivity index (χ0n) is 12.7. The van der Waals surface area contributed by atoms with Gasteiger partial charge in [-0.15, -0.1) is 0 Å². The van der Waals surface area contributed by atoms with E-state index >= 15 is 0 Å².